The number of piperidine rings is 2. The Morgan fingerprint density at radius 1 is 1.27 bits per heavy atom. The minimum absolute atomic E-state index is 0.0451. The van der Waals surface area contributed by atoms with Crippen LogP contribution in [-0.4, -0.2) is 24.5 Å². The lowest BCUT2D eigenvalue weighted by Gasteiger charge is -2.49. The van der Waals surface area contributed by atoms with Gasteiger partial charge in [-0.05, 0) is 25.2 Å². The van der Waals surface area contributed by atoms with Crippen molar-refractivity contribution in [1.29, 1.82) is 0 Å². The van der Waals surface area contributed by atoms with Gasteiger partial charge in [-0.3, -0.25) is 0 Å². The van der Waals surface area contributed by atoms with Crippen molar-refractivity contribution in [3.8, 4) is 0 Å². The van der Waals surface area contributed by atoms with E-state index in [1.54, 1.807) is 0 Å². The highest BCUT2D eigenvalue weighted by Crippen LogP contribution is 2.45. The Balaban J connectivity index is 1.73. The number of hydrogen-bond donors (Lipinski definition) is 1. The Morgan fingerprint density at radius 3 is 2.67 bits per heavy atom. The van der Waals surface area contributed by atoms with Crippen LogP contribution in [0, 0.1) is 17.8 Å². The van der Waals surface area contributed by atoms with Crippen molar-refractivity contribution in [3.63, 3.8) is 0 Å². The molecule has 84 valence electrons. The van der Waals surface area contributed by atoms with Crippen molar-refractivity contribution in [1.82, 2.24) is 5.32 Å². The first-order valence-electron chi connectivity index (χ1n) is 6.15. The summed E-state index contributed by atoms with van der Waals surface area (Å²) in [5, 5.41) is 3.31. The van der Waals surface area contributed by atoms with Crippen molar-refractivity contribution >= 4 is 6.29 Å². The van der Waals surface area contributed by atoms with E-state index in [0.29, 0.717) is 0 Å². The fraction of sp³-hybridized carbons (Fsp3) is 0.917. The SMILES string of the molecule is O=C[C@H]1NC2CC[C@@H]1[C@@H](F)[C@H]2CC1CC1. The van der Waals surface area contributed by atoms with E-state index in [1.165, 1.54) is 12.8 Å². The molecule has 0 spiro atoms. The van der Waals surface area contributed by atoms with Gasteiger partial charge >= 0.3 is 0 Å². The van der Waals surface area contributed by atoms with E-state index in [1.807, 2.05) is 0 Å². The van der Waals surface area contributed by atoms with E-state index < -0.39 is 6.17 Å². The lowest BCUT2D eigenvalue weighted by Crippen LogP contribution is -2.62. The van der Waals surface area contributed by atoms with E-state index in [-0.39, 0.29) is 23.9 Å². The lowest BCUT2D eigenvalue weighted by molar-refractivity contribution is -0.116. The van der Waals surface area contributed by atoms with Crippen LogP contribution in [0.15, 0.2) is 0 Å². The highest BCUT2D eigenvalue weighted by atomic mass is 19.1. The highest BCUT2D eigenvalue weighted by molar-refractivity contribution is 5.59. The normalized spacial score (nSPS) is 49.3. The number of carbonyl (C=O) groups excluding carboxylic acids is 1. The average Bonchev–Trinajstić information content (AvgIpc) is 3.07. The van der Waals surface area contributed by atoms with Crippen LogP contribution in [0.5, 0.6) is 0 Å². The van der Waals surface area contributed by atoms with Crippen LogP contribution in [0.4, 0.5) is 4.39 Å². The van der Waals surface area contributed by atoms with Crippen molar-refractivity contribution in [2.45, 2.75) is 50.4 Å². The van der Waals surface area contributed by atoms with Crippen LogP contribution in [0.3, 0.4) is 0 Å². The summed E-state index contributed by atoms with van der Waals surface area (Å²) in [6.45, 7) is 0. The minimum Gasteiger partial charge on any atom is -0.304 e. The van der Waals surface area contributed by atoms with Gasteiger partial charge in [-0.15, -0.1) is 0 Å². The molecule has 2 aliphatic heterocycles. The zero-order valence-corrected chi connectivity index (χ0v) is 8.86. The van der Waals surface area contributed by atoms with Crippen molar-refractivity contribution in [2.24, 2.45) is 17.8 Å². The van der Waals surface area contributed by atoms with Gasteiger partial charge in [-0.1, -0.05) is 12.8 Å². The topological polar surface area (TPSA) is 29.1 Å². The summed E-state index contributed by atoms with van der Waals surface area (Å²) in [5.41, 5.74) is 0. The molecule has 4 aliphatic rings. The molecule has 1 unspecified atom stereocenters. The van der Waals surface area contributed by atoms with Gasteiger partial charge in [0, 0.05) is 17.9 Å². The fourth-order valence-electron chi connectivity index (χ4n) is 3.41. The average molecular weight is 211 g/mol. The van der Waals surface area contributed by atoms with Gasteiger partial charge in [0.2, 0.25) is 0 Å². The molecule has 2 saturated carbocycles. The van der Waals surface area contributed by atoms with E-state index in [4.69, 9.17) is 0 Å². The highest BCUT2D eigenvalue weighted by Gasteiger charge is 2.49. The van der Waals surface area contributed by atoms with Crippen LogP contribution in [-0.2, 0) is 4.79 Å². The third-order valence-electron chi connectivity index (χ3n) is 4.46. The first-order valence-corrected chi connectivity index (χ1v) is 6.15. The molecule has 5 atom stereocenters. The van der Waals surface area contributed by atoms with Crippen LogP contribution in [0.2, 0.25) is 0 Å². The molecule has 3 heteroatoms. The predicted octanol–water partition coefficient (Wildman–Crippen LogP) is 1.69. The molecule has 1 N–H and O–H groups in total. The first-order chi connectivity index (χ1) is 7.29. The van der Waals surface area contributed by atoms with Gasteiger partial charge in [-0.25, -0.2) is 4.39 Å². The summed E-state index contributed by atoms with van der Waals surface area (Å²) in [5.74, 6) is 0.924. The summed E-state index contributed by atoms with van der Waals surface area (Å²) >= 11 is 0. The molecule has 2 bridgehead atoms. The maximum Gasteiger partial charge on any atom is 0.137 e. The number of alkyl halides is 1. The number of fused-ring (bicyclic) bond motifs is 3. The number of carbonyl (C=O) groups is 1. The molecule has 0 aromatic rings. The number of hydrogen-bond acceptors (Lipinski definition) is 2. The van der Waals surface area contributed by atoms with E-state index >= 15 is 0 Å². The molecular formula is C12H18FNO. The number of rotatable bonds is 3. The number of aldehydes is 1. The van der Waals surface area contributed by atoms with Crippen LogP contribution in [0.25, 0.3) is 0 Å². The van der Waals surface area contributed by atoms with Gasteiger partial charge < -0.3 is 10.1 Å². The van der Waals surface area contributed by atoms with Crippen molar-refractivity contribution in [2.75, 3.05) is 0 Å². The molecule has 4 fully saturated rings. The zero-order valence-electron chi connectivity index (χ0n) is 8.86. The van der Waals surface area contributed by atoms with Gasteiger partial charge in [0.15, 0.2) is 0 Å². The molecule has 2 heterocycles. The number of halogens is 1. The Labute approximate surface area is 89.6 Å². The van der Waals surface area contributed by atoms with Crippen molar-refractivity contribution in [3.05, 3.63) is 0 Å². The van der Waals surface area contributed by atoms with E-state index in [2.05, 4.69) is 5.32 Å². The van der Waals surface area contributed by atoms with Gasteiger partial charge in [-0.2, -0.15) is 0 Å². The Kier molecular flexibility index (Phi) is 2.31. The van der Waals surface area contributed by atoms with Gasteiger partial charge in [0.05, 0.1) is 6.04 Å². The molecule has 2 nitrogen and oxygen atoms in total. The predicted molar refractivity (Wildman–Crippen MR) is 55.2 cm³/mol. The molecule has 0 amide bonds. The van der Waals surface area contributed by atoms with Crippen molar-refractivity contribution < 1.29 is 9.18 Å². The quantitative estimate of drug-likeness (QED) is 0.720. The maximum absolute atomic E-state index is 14.2. The molecule has 2 aliphatic carbocycles. The standard InChI is InChI=1S/C12H18FNO/c13-12-8-3-4-10(14-11(8)6-15)9(12)5-7-1-2-7/h6-12,14H,1-5H2/t8-,9-,10?,11+,12+/m0/s1. The second-order valence-electron chi connectivity index (χ2n) is 5.46. The summed E-state index contributed by atoms with van der Waals surface area (Å²) in [6, 6.07) is 0.0509. The molecule has 4 rings (SSSR count). The van der Waals surface area contributed by atoms with Crippen LogP contribution in [0.1, 0.15) is 32.1 Å². The second-order valence-corrected chi connectivity index (χ2v) is 5.46. The maximum atomic E-state index is 14.2. The fourth-order valence-corrected chi connectivity index (χ4v) is 3.41. The van der Waals surface area contributed by atoms with E-state index in [9.17, 15) is 9.18 Å². The lowest BCUT2D eigenvalue weighted by atomic mass is 9.67. The molecule has 0 radical (unpaired) electrons. The summed E-state index contributed by atoms with van der Waals surface area (Å²) in [6.07, 6.45) is 5.74. The zero-order chi connectivity index (χ0) is 10.4. The van der Waals surface area contributed by atoms with Crippen LogP contribution < -0.4 is 5.32 Å². The Hall–Kier alpha value is -0.440. The summed E-state index contributed by atoms with van der Waals surface area (Å²) in [7, 11) is 0. The third-order valence-corrected chi connectivity index (χ3v) is 4.46. The molecule has 0 aromatic carbocycles. The summed E-state index contributed by atoms with van der Waals surface area (Å²) in [4.78, 5) is 10.8. The molecule has 15 heavy (non-hydrogen) atoms. The summed E-state index contributed by atoms with van der Waals surface area (Å²) < 4.78 is 14.2. The minimum atomic E-state index is -0.735. The molecular weight excluding hydrogens is 193 g/mol. The molecule has 0 aromatic heterocycles. The monoisotopic (exact) mass is 211 g/mol. The van der Waals surface area contributed by atoms with E-state index in [0.717, 1.165) is 31.5 Å². The van der Waals surface area contributed by atoms with Crippen LogP contribution >= 0.6 is 0 Å². The third kappa shape index (κ3) is 1.61. The first kappa shape index (κ1) is 9.76. The molecule has 2 saturated heterocycles. The van der Waals surface area contributed by atoms with Gasteiger partial charge in [0.25, 0.3) is 0 Å². The van der Waals surface area contributed by atoms with Gasteiger partial charge in [0.1, 0.15) is 12.5 Å². The number of nitrogens with one attached hydrogen (secondary N) is 1. The smallest absolute Gasteiger partial charge is 0.137 e. The largest absolute Gasteiger partial charge is 0.304 e. The Morgan fingerprint density at radius 2 is 2.07 bits per heavy atom. The second kappa shape index (κ2) is 3.55. The Bertz CT molecular complexity index is 264.